The van der Waals surface area contributed by atoms with Crippen molar-refractivity contribution in [1.82, 2.24) is 5.32 Å². The van der Waals surface area contributed by atoms with E-state index in [4.69, 9.17) is 14.2 Å². The van der Waals surface area contributed by atoms with Crippen LogP contribution in [-0.4, -0.2) is 39.6 Å². The van der Waals surface area contributed by atoms with Gasteiger partial charge >= 0.3 is 6.09 Å². The first-order valence-electron chi connectivity index (χ1n) is 5.27. The zero-order valence-corrected chi connectivity index (χ0v) is 10.0. The van der Waals surface area contributed by atoms with Crippen molar-refractivity contribution >= 4 is 6.09 Å². The maximum Gasteiger partial charge on any atom is 0.412 e. The molecule has 0 aromatic heterocycles. The van der Waals surface area contributed by atoms with Crippen molar-refractivity contribution in [3.63, 3.8) is 0 Å². The molecule has 1 N–H and O–H groups in total. The van der Waals surface area contributed by atoms with E-state index in [1.54, 1.807) is 38.5 Å². The van der Waals surface area contributed by atoms with Crippen LogP contribution in [0.2, 0.25) is 0 Å². The third kappa shape index (κ3) is 5.33. The summed E-state index contributed by atoms with van der Waals surface area (Å²) in [5.74, 6) is 0.499. The molecule has 0 aliphatic heterocycles. The van der Waals surface area contributed by atoms with Crippen LogP contribution in [0.4, 0.5) is 4.79 Å². The van der Waals surface area contributed by atoms with Crippen LogP contribution in [0.25, 0.3) is 0 Å². The number of methoxy groups -OCH3 is 2. The van der Waals surface area contributed by atoms with Crippen LogP contribution < -0.4 is 10.1 Å². The molecule has 0 heterocycles. The molecular weight excluding hydrogens is 222 g/mol. The van der Waals surface area contributed by atoms with Gasteiger partial charge < -0.3 is 19.5 Å². The van der Waals surface area contributed by atoms with Gasteiger partial charge in [0.05, 0.1) is 19.3 Å². The average Bonchev–Trinajstić information content (AvgIpc) is 2.30. The van der Waals surface area contributed by atoms with Gasteiger partial charge in [0.2, 0.25) is 0 Å². The summed E-state index contributed by atoms with van der Waals surface area (Å²) in [5.41, 5.74) is 0. The highest BCUT2D eigenvalue weighted by Crippen LogP contribution is 2.08. The molecule has 1 rings (SSSR count). The summed E-state index contributed by atoms with van der Waals surface area (Å²) in [5, 5.41) is 2.66. The molecule has 0 unspecified atom stereocenters. The van der Waals surface area contributed by atoms with Crippen LogP contribution in [0.5, 0.6) is 5.75 Å². The third-order valence-electron chi connectivity index (χ3n) is 2.01. The van der Waals surface area contributed by atoms with Crippen molar-refractivity contribution in [2.45, 2.75) is 6.04 Å². The van der Waals surface area contributed by atoms with E-state index < -0.39 is 6.09 Å². The molecule has 1 amide bonds. The molecule has 0 aliphatic rings. The quantitative estimate of drug-likeness (QED) is 0.816. The lowest BCUT2D eigenvalue weighted by Gasteiger charge is -2.16. The van der Waals surface area contributed by atoms with Gasteiger partial charge in [0.1, 0.15) is 5.75 Å². The molecule has 1 aromatic carbocycles. The predicted octanol–water partition coefficient (Wildman–Crippen LogP) is 1.44. The lowest BCUT2D eigenvalue weighted by Crippen LogP contribution is -2.42. The van der Waals surface area contributed by atoms with E-state index in [9.17, 15) is 4.79 Å². The zero-order valence-electron chi connectivity index (χ0n) is 10.0. The average molecular weight is 239 g/mol. The standard InChI is InChI=1S/C12H17NO4/c1-15-8-10(9-16-2)13-12(14)17-11-6-4-3-5-7-11/h3-7,10H,8-9H2,1-2H3,(H,13,14). The van der Waals surface area contributed by atoms with Gasteiger partial charge in [-0.15, -0.1) is 0 Å². The molecule has 94 valence electrons. The second kappa shape index (κ2) is 7.65. The first kappa shape index (κ1) is 13.5. The minimum atomic E-state index is -0.518. The minimum Gasteiger partial charge on any atom is -0.410 e. The fraction of sp³-hybridized carbons (Fsp3) is 0.417. The van der Waals surface area contributed by atoms with Gasteiger partial charge in [-0.25, -0.2) is 4.79 Å². The van der Waals surface area contributed by atoms with Crippen molar-refractivity contribution in [2.75, 3.05) is 27.4 Å². The number of hydrogen-bond acceptors (Lipinski definition) is 4. The fourth-order valence-electron chi connectivity index (χ4n) is 1.33. The van der Waals surface area contributed by atoms with Crippen LogP contribution in [0.3, 0.4) is 0 Å². The molecule has 17 heavy (non-hydrogen) atoms. The molecule has 0 radical (unpaired) electrons. The van der Waals surface area contributed by atoms with E-state index >= 15 is 0 Å². The van der Waals surface area contributed by atoms with Gasteiger partial charge in [0, 0.05) is 14.2 Å². The Bertz CT molecular complexity index is 323. The van der Waals surface area contributed by atoms with E-state index in [0.717, 1.165) is 0 Å². The van der Waals surface area contributed by atoms with Crippen LogP contribution in [0, 0.1) is 0 Å². The van der Waals surface area contributed by atoms with Crippen molar-refractivity contribution in [3.05, 3.63) is 30.3 Å². The van der Waals surface area contributed by atoms with Crippen molar-refractivity contribution in [2.24, 2.45) is 0 Å². The van der Waals surface area contributed by atoms with Crippen LogP contribution in [-0.2, 0) is 9.47 Å². The molecule has 5 nitrogen and oxygen atoms in total. The van der Waals surface area contributed by atoms with Crippen LogP contribution in [0.15, 0.2) is 30.3 Å². The minimum absolute atomic E-state index is 0.221. The number of ether oxygens (including phenoxy) is 3. The molecule has 0 bridgehead atoms. The Hall–Kier alpha value is -1.59. The smallest absolute Gasteiger partial charge is 0.410 e. The van der Waals surface area contributed by atoms with E-state index in [0.29, 0.717) is 19.0 Å². The number of benzene rings is 1. The van der Waals surface area contributed by atoms with E-state index in [1.807, 2.05) is 6.07 Å². The third-order valence-corrected chi connectivity index (χ3v) is 2.01. The second-order valence-corrected chi connectivity index (χ2v) is 3.45. The molecule has 0 atom stereocenters. The summed E-state index contributed by atoms with van der Waals surface area (Å²) in [6.07, 6.45) is -0.518. The highest BCUT2D eigenvalue weighted by atomic mass is 16.6. The Balaban J connectivity index is 2.42. The molecule has 0 saturated heterocycles. The SMILES string of the molecule is COCC(COC)NC(=O)Oc1ccccc1. The number of rotatable bonds is 6. The van der Waals surface area contributed by atoms with Crippen molar-refractivity contribution in [3.8, 4) is 5.75 Å². The summed E-state index contributed by atoms with van der Waals surface area (Å²) in [4.78, 5) is 11.5. The highest BCUT2D eigenvalue weighted by molar-refractivity contribution is 5.70. The Morgan fingerprint density at radius 2 is 1.76 bits per heavy atom. The van der Waals surface area contributed by atoms with Gasteiger partial charge in [0.15, 0.2) is 0 Å². The van der Waals surface area contributed by atoms with Gasteiger partial charge in [0.25, 0.3) is 0 Å². The summed E-state index contributed by atoms with van der Waals surface area (Å²) in [6.45, 7) is 0.745. The monoisotopic (exact) mass is 239 g/mol. The normalized spacial score (nSPS) is 10.3. The summed E-state index contributed by atoms with van der Waals surface area (Å²) in [7, 11) is 3.12. The first-order valence-corrected chi connectivity index (χ1v) is 5.27. The van der Waals surface area contributed by atoms with Gasteiger partial charge in [-0.1, -0.05) is 18.2 Å². The number of carbonyl (C=O) groups is 1. The number of carbonyl (C=O) groups excluding carboxylic acids is 1. The van der Waals surface area contributed by atoms with Gasteiger partial charge in [-0.3, -0.25) is 0 Å². The second-order valence-electron chi connectivity index (χ2n) is 3.45. The van der Waals surface area contributed by atoms with E-state index in [-0.39, 0.29) is 6.04 Å². The first-order chi connectivity index (χ1) is 8.26. The molecular formula is C12H17NO4. The molecule has 1 aromatic rings. The maximum absolute atomic E-state index is 11.5. The predicted molar refractivity (Wildman–Crippen MR) is 63.1 cm³/mol. The van der Waals surface area contributed by atoms with Gasteiger partial charge in [-0.05, 0) is 12.1 Å². The summed E-state index contributed by atoms with van der Waals surface area (Å²) >= 11 is 0. The Kier molecular flexibility index (Phi) is 6.06. The van der Waals surface area contributed by atoms with Crippen molar-refractivity contribution < 1.29 is 19.0 Å². The Morgan fingerprint density at radius 3 is 2.29 bits per heavy atom. The summed E-state index contributed by atoms with van der Waals surface area (Å²) in [6, 6.07) is 8.64. The summed E-state index contributed by atoms with van der Waals surface area (Å²) < 4.78 is 15.0. The molecule has 0 saturated carbocycles. The topological polar surface area (TPSA) is 56.8 Å². The van der Waals surface area contributed by atoms with E-state index in [1.165, 1.54) is 0 Å². The lowest BCUT2D eigenvalue weighted by atomic mass is 10.3. The molecule has 0 spiro atoms. The molecule has 5 heteroatoms. The molecule has 0 fully saturated rings. The number of amides is 1. The van der Waals surface area contributed by atoms with Crippen LogP contribution >= 0.6 is 0 Å². The Morgan fingerprint density at radius 1 is 1.18 bits per heavy atom. The maximum atomic E-state index is 11.5. The highest BCUT2D eigenvalue weighted by Gasteiger charge is 2.13. The van der Waals surface area contributed by atoms with Gasteiger partial charge in [-0.2, -0.15) is 0 Å². The Labute approximate surface area is 101 Å². The zero-order chi connectivity index (χ0) is 12.5. The number of nitrogens with one attached hydrogen (secondary N) is 1. The van der Waals surface area contributed by atoms with Crippen molar-refractivity contribution in [1.29, 1.82) is 0 Å². The van der Waals surface area contributed by atoms with E-state index in [2.05, 4.69) is 5.32 Å². The number of para-hydroxylation sites is 1. The van der Waals surface area contributed by atoms with Crippen LogP contribution in [0.1, 0.15) is 0 Å². The largest absolute Gasteiger partial charge is 0.412 e. The lowest BCUT2D eigenvalue weighted by molar-refractivity contribution is 0.101. The molecule has 0 aliphatic carbocycles. The number of hydrogen-bond donors (Lipinski definition) is 1. The fourth-order valence-corrected chi connectivity index (χ4v) is 1.33.